The number of nitrogens with zero attached hydrogens (tertiary/aromatic N) is 1. The molecule has 2 aromatic carbocycles. The van der Waals surface area contributed by atoms with Gasteiger partial charge < -0.3 is 15.0 Å². The number of benzene rings is 2. The molecule has 174 valence electrons. The zero-order valence-electron chi connectivity index (χ0n) is 18.8. The highest BCUT2D eigenvalue weighted by Crippen LogP contribution is 2.27. The van der Waals surface area contributed by atoms with Gasteiger partial charge in [0.2, 0.25) is 11.8 Å². The van der Waals surface area contributed by atoms with E-state index >= 15 is 0 Å². The van der Waals surface area contributed by atoms with Crippen molar-refractivity contribution in [3.8, 4) is 5.75 Å². The zero-order chi connectivity index (χ0) is 23.9. The van der Waals surface area contributed by atoms with Crippen molar-refractivity contribution in [3.63, 3.8) is 0 Å². The van der Waals surface area contributed by atoms with Crippen molar-refractivity contribution in [2.75, 3.05) is 6.61 Å². The van der Waals surface area contributed by atoms with Gasteiger partial charge in [0.15, 0.2) is 0 Å². The number of halogens is 3. The van der Waals surface area contributed by atoms with E-state index in [1.54, 1.807) is 49.4 Å². The molecule has 2 aromatic rings. The van der Waals surface area contributed by atoms with E-state index in [1.807, 2.05) is 20.8 Å². The number of hydrogen-bond donors (Lipinski definition) is 1. The van der Waals surface area contributed by atoms with Crippen LogP contribution >= 0.6 is 34.8 Å². The summed E-state index contributed by atoms with van der Waals surface area (Å²) >= 11 is 18.5. The average Bonchev–Trinajstić information content (AvgIpc) is 2.70. The van der Waals surface area contributed by atoms with E-state index in [0.717, 1.165) is 0 Å². The molecule has 0 aliphatic rings. The summed E-state index contributed by atoms with van der Waals surface area (Å²) in [5.41, 5.74) is 0.186. The first-order valence-electron chi connectivity index (χ1n) is 10.4. The first-order chi connectivity index (χ1) is 15.0. The van der Waals surface area contributed by atoms with Crippen LogP contribution in [0.5, 0.6) is 5.75 Å². The molecule has 0 spiro atoms. The van der Waals surface area contributed by atoms with Crippen molar-refractivity contribution < 1.29 is 14.3 Å². The summed E-state index contributed by atoms with van der Waals surface area (Å²) in [4.78, 5) is 27.4. The van der Waals surface area contributed by atoms with Crippen LogP contribution < -0.4 is 10.1 Å². The quantitative estimate of drug-likeness (QED) is 0.422. The molecular weight excluding hydrogens is 471 g/mol. The van der Waals surface area contributed by atoms with Gasteiger partial charge >= 0.3 is 0 Å². The molecule has 1 atom stereocenters. The van der Waals surface area contributed by atoms with Gasteiger partial charge in [-0.05, 0) is 70.5 Å². The van der Waals surface area contributed by atoms with E-state index in [9.17, 15) is 9.59 Å². The minimum atomic E-state index is -0.703. The Morgan fingerprint density at radius 2 is 1.62 bits per heavy atom. The number of carbonyl (C=O) groups excluding carboxylic acids is 2. The normalized spacial score (nSPS) is 12.2. The molecular formula is C24H29Cl3N2O3. The summed E-state index contributed by atoms with van der Waals surface area (Å²) in [6, 6.07) is 11.5. The number of carbonyl (C=O) groups is 2. The first kappa shape index (κ1) is 26.3. The van der Waals surface area contributed by atoms with E-state index < -0.39 is 11.6 Å². The second-order valence-corrected chi connectivity index (χ2v) is 9.79. The Hall–Kier alpha value is -1.95. The van der Waals surface area contributed by atoms with Crippen molar-refractivity contribution in [1.29, 1.82) is 0 Å². The Labute approximate surface area is 205 Å². The van der Waals surface area contributed by atoms with Gasteiger partial charge in [0, 0.05) is 39.1 Å². The summed E-state index contributed by atoms with van der Waals surface area (Å²) < 4.78 is 5.67. The molecule has 2 rings (SSSR count). The molecule has 0 aliphatic heterocycles. The minimum Gasteiger partial charge on any atom is -0.494 e. The minimum absolute atomic E-state index is 0.133. The lowest BCUT2D eigenvalue weighted by Gasteiger charge is -2.32. The third-order valence-corrected chi connectivity index (χ3v) is 5.63. The van der Waals surface area contributed by atoms with Gasteiger partial charge in [0.25, 0.3) is 0 Å². The molecule has 32 heavy (non-hydrogen) atoms. The molecule has 8 heteroatoms. The zero-order valence-corrected chi connectivity index (χ0v) is 21.0. The molecule has 0 fully saturated rings. The predicted octanol–water partition coefficient (Wildman–Crippen LogP) is 6.14. The van der Waals surface area contributed by atoms with Crippen molar-refractivity contribution in [2.45, 2.75) is 58.7 Å². The Bertz CT molecular complexity index is 907. The summed E-state index contributed by atoms with van der Waals surface area (Å²) in [6.07, 6.45) is 0.699. The SMILES string of the molecule is CC(C(=O)NC(C)(C)C)N(Cc1c(Cl)cccc1Cl)C(=O)CCCOc1ccc(Cl)cc1. The van der Waals surface area contributed by atoms with Gasteiger partial charge in [0.05, 0.1) is 6.61 Å². The van der Waals surface area contributed by atoms with Crippen molar-refractivity contribution >= 4 is 46.6 Å². The molecule has 2 amide bonds. The van der Waals surface area contributed by atoms with E-state index in [-0.39, 0.29) is 24.8 Å². The average molecular weight is 500 g/mol. The number of nitrogens with one attached hydrogen (secondary N) is 1. The molecule has 0 radical (unpaired) electrons. The van der Waals surface area contributed by atoms with Crippen LogP contribution in [0.2, 0.25) is 15.1 Å². The van der Waals surface area contributed by atoms with Crippen LogP contribution in [0.15, 0.2) is 42.5 Å². The summed E-state index contributed by atoms with van der Waals surface area (Å²) in [6.45, 7) is 7.87. The van der Waals surface area contributed by atoms with E-state index in [4.69, 9.17) is 39.5 Å². The van der Waals surface area contributed by atoms with Gasteiger partial charge in [-0.3, -0.25) is 9.59 Å². The fourth-order valence-corrected chi connectivity index (χ4v) is 3.64. The molecule has 0 saturated carbocycles. The molecule has 5 nitrogen and oxygen atoms in total. The Kier molecular flexibility index (Phi) is 9.68. The molecule has 1 N–H and O–H groups in total. The second kappa shape index (κ2) is 11.8. The van der Waals surface area contributed by atoms with Crippen LogP contribution in [0.4, 0.5) is 0 Å². The van der Waals surface area contributed by atoms with Crippen LogP contribution in [-0.2, 0) is 16.1 Å². The molecule has 0 heterocycles. The summed E-state index contributed by atoms with van der Waals surface area (Å²) in [5.74, 6) is 0.253. The van der Waals surface area contributed by atoms with Gasteiger partial charge in [0.1, 0.15) is 11.8 Å². The van der Waals surface area contributed by atoms with Crippen LogP contribution in [0.3, 0.4) is 0 Å². The van der Waals surface area contributed by atoms with Crippen LogP contribution in [0, 0.1) is 0 Å². The van der Waals surface area contributed by atoms with E-state index in [0.29, 0.717) is 39.4 Å². The van der Waals surface area contributed by atoms with E-state index in [2.05, 4.69) is 5.32 Å². The van der Waals surface area contributed by atoms with Crippen molar-refractivity contribution in [1.82, 2.24) is 10.2 Å². The fourth-order valence-electron chi connectivity index (χ4n) is 3.00. The third-order valence-electron chi connectivity index (χ3n) is 4.67. The largest absolute Gasteiger partial charge is 0.494 e. The lowest BCUT2D eigenvalue weighted by molar-refractivity contribution is -0.141. The lowest BCUT2D eigenvalue weighted by Crippen LogP contribution is -2.52. The van der Waals surface area contributed by atoms with Gasteiger partial charge in [-0.25, -0.2) is 0 Å². The Morgan fingerprint density at radius 1 is 1.03 bits per heavy atom. The highest BCUT2D eigenvalue weighted by Gasteiger charge is 2.29. The third kappa shape index (κ3) is 8.19. The molecule has 0 saturated heterocycles. The Morgan fingerprint density at radius 3 is 2.19 bits per heavy atom. The molecule has 0 bridgehead atoms. The fraction of sp³-hybridized carbons (Fsp3) is 0.417. The number of ether oxygens (including phenoxy) is 1. The summed E-state index contributed by atoms with van der Waals surface area (Å²) in [5, 5.41) is 4.45. The maximum absolute atomic E-state index is 13.1. The van der Waals surface area contributed by atoms with Crippen molar-refractivity contribution in [2.24, 2.45) is 0 Å². The second-order valence-electron chi connectivity index (χ2n) is 8.54. The van der Waals surface area contributed by atoms with Crippen LogP contribution in [0.1, 0.15) is 46.1 Å². The highest BCUT2D eigenvalue weighted by molar-refractivity contribution is 6.36. The van der Waals surface area contributed by atoms with Crippen LogP contribution in [-0.4, -0.2) is 34.9 Å². The maximum Gasteiger partial charge on any atom is 0.242 e. The monoisotopic (exact) mass is 498 g/mol. The topological polar surface area (TPSA) is 58.6 Å². The smallest absolute Gasteiger partial charge is 0.242 e. The predicted molar refractivity (Wildman–Crippen MR) is 131 cm³/mol. The lowest BCUT2D eigenvalue weighted by atomic mass is 10.1. The van der Waals surface area contributed by atoms with Crippen molar-refractivity contribution in [3.05, 3.63) is 63.1 Å². The maximum atomic E-state index is 13.1. The van der Waals surface area contributed by atoms with Crippen LogP contribution in [0.25, 0.3) is 0 Å². The standard InChI is InChI=1S/C24H29Cl3N2O3/c1-16(23(31)28-24(2,3)4)29(15-19-20(26)7-5-8-21(19)27)22(30)9-6-14-32-18-12-10-17(25)11-13-18/h5,7-8,10-13,16H,6,9,14-15H2,1-4H3,(H,28,31). The van der Waals surface area contributed by atoms with E-state index in [1.165, 1.54) is 4.90 Å². The summed E-state index contributed by atoms with van der Waals surface area (Å²) in [7, 11) is 0. The molecule has 0 aliphatic carbocycles. The molecule has 1 unspecified atom stereocenters. The highest BCUT2D eigenvalue weighted by atomic mass is 35.5. The number of hydrogen-bond acceptors (Lipinski definition) is 3. The number of amides is 2. The van der Waals surface area contributed by atoms with Gasteiger partial charge in [-0.15, -0.1) is 0 Å². The van der Waals surface area contributed by atoms with Gasteiger partial charge in [-0.2, -0.15) is 0 Å². The number of rotatable bonds is 9. The first-order valence-corrected chi connectivity index (χ1v) is 11.5. The Balaban J connectivity index is 2.09. The van der Waals surface area contributed by atoms with Gasteiger partial charge in [-0.1, -0.05) is 40.9 Å². The molecule has 0 aromatic heterocycles.